The lowest BCUT2D eigenvalue weighted by atomic mass is 10.2. The molecule has 0 saturated carbocycles. The number of nitrogens with zero attached hydrogens (tertiary/aromatic N) is 2. The van der Waals surface area contributed by atoms with Gasteiger partial charge in [0.05, 0.1) is 0 Å². The molecule has 3 rings (SSSR count). The molecule has 1 aliphatic rings. The van der Waals surface area contributed by atoms with Crippen LogP contribution in [0.5, 0.6) is 0 Å². The number of rotatable bonds is 4. The average Bonchev–Trinajstić information content (AvgIpc) is 3.17. The molecular weight excluding hydrogens is 308 g/mol. The largest absolute Gasteiger partial charge is 0.350 e. The Bertz CT molecular complexity index is 663. The molecule has 2 aromatic rings. The van der Waals surface area contributed by atoms with Gasteiger partial charge in [0, 0.05) is 36.3 Å². The lowest BCUT2D eigenvalue weighted by molar-refractivity contribution is 0.0951. The Kier molecular flexibility index (Phi) is 4.33. The third-order valence-electron chi connectivity index (χ3n) is 3.72. The molecule has 2 heterocycles. The van der Waals surface area contributed by atoms with Crippen molar-refractivity contribution in [2.24, 2.45) is 0 Å². The van der Waals surface area contributed by atoms with Crippen LogP contribution in [0.3, 0.4) is 0 Å². The van der Waals surface area contributed by atoms with Crippen molar-refractivity contribution in [3.8, 4) is 0 Å². The summed E-state index contributed by atoms with van der Waals surface area (Å²) in [6.45, 7) is 1.37. The SMILES string of the molecule is O=C(NCC1CCCN1c1nccs1)c1ccc(F)c(F)c1. The normalized spacial score (nSPS) is 17.7. The van der Waals surface area contributed by atoms with Crippen molar-refractivity contribution in [3.05, 3.63) is 47.0 Å². The first-order valence-corrected chi connectivity index (χ1v) is 7.92. The van der Waals surface area contributed by atoms with Gasteiger partial charge >= 0.3 is 0 Å². The highest BCUT2D eigenvalue weighted by Crippen LogP contribution is 2.26. The lowest BCUT2D eigenvalue weighted by Crippen LogP contribution is -2.40. The molecule has 1 aromatic heterocycles. The molecule has 0 spiro atoms. The van der Waals surface area contributed by atoms with Crippen LogP contribution < -0.4 is 10.2 Å². The molecule has 0 bridgehead atoms. The predicted octanol–water partition coefficient (Wildman–Crippen LogP) is 2.82. The summed E-state index contributed by atoms with van der Waals surface area (Å²) in [5, 5.41) is 5.66. The Morgan fingerprint density at radius 2 is 2.27 bits per heavy atom. The van der Waals surface area contributed by atoms with Gasteiger partial charge in [-0.1, -0.05) is 0 Å². The average molecular weight is 323 g/mol. The highest BCUT2D eigenvalue weighted by molar-refractivity contribution is 7.13. The van der Waals surface area contributed by atoms with Crippen molar-refractivity contribution in [1.82, 2.24) is 10.3 Å². The first kappa shape index (κ1) is 14.9. The standard InChI is InChI=1S/C15H15F2N3OS/c16-12-4-3-10(8-13(12)17)14(21)19-9-11-2-1-6-20(11)15-18-5-7-22-15/h3-5,7-8,11H,1-2,6,9H2,(H,19,21). The molecule has 1 amide bonds. The van der Waals surface area contributed by atoms with E-state index in [1.54, 1.807) is 17.5 Å². The zero-order valence-corrected chi connectivity index (χ0v) is 12.6. The van der Waals surface area contributed by atoms with Crippen molar-refractivity contribution in [2.45, 2.75) is 18.9 Å². The van der Waals surface area contributed by atoms with Crippen molar-refractivity contribution < 1.29 is 13.6 Å². The first-order chi connectivity index (χ1) is 10.6. The van der Waals surface area contributed by atoms with Gasteiger partial charge < -0.3 is 10.2 Å². The third-order valence-corrected chi connectivity index (χ3v) is 4.53. The Labute approximate surface area is 130 Å². The van der Waals surface area contributed by atoms with E-state index in [0.717, 1.165) is 36.7 Å². The summed E-state index contributed by atoms with van der Waals surface area (Å²) < 4.78 is 26.0. The Hall–Kier alpha value is -2.02. The summed E-state index contributed by atoms with van der Waals surface area (Å²) >= 11 is 1.57. The maximum Gasteiger partial charge on any atom is 0.251 e. The van der Waals surface area contributed by atoms with Crippen LogP contribution in [0.4, 0.5) is 13.9 Å². The molecule has 1 aromatic carbocycles. The Balaban J connectivity index is 1.61. The highest BCUT2D eigenvalue weighted by atomic mass is 32.1. The van der Waals surface area contributed by atoms with Gasteiger partial charge in [-0.25, -0.2) is 13.8 Å². The zero-order chi connectivity index (χ0) is 15.5. The van der Waals surface area contributed by atoms with Gasteiger partial charge in [0.1, 0.15) is 0 Å². The van der Waals surface area contributed by atoms with Crippen LogP contribution >= 0.6 is 11.3 Å². The van der Waals surface area contributed by atoms with E-state index >= 15 is 0 Å². The maximum absolute atomic E-state index is 13.2. The molecule has 1 saturated heterocycles. The number of aromatic nitrogens is 1. The summed E-state index contributed by atoms with van der Waals surface area (Å²) in [5.41, 5.74) is 0.123. The van der Waals surface area contributed by atoms with Gasteiger partial charge in [-0.3, -0.25) is 4.79 Å². The number of benzene rings is 1. The van der Waals surface area contributed by atoms with Crippen LogP contribution in [0.25, 0.3) is 0 Å². The van der Waals surface area contributed by atoms with Gasteiger partial charge in [0.15, 0.2) is 16.8 Å². The van der Waals surface area contributed by atoms with Crippen LogP contribution in [0, 0.1) is 11.6 Å². The summed E-state index contributed by atoms with van der Waals surface area (Å²) in [5.74, 6) is -2.37. The fourth-order valence-corrected chi connectivity index (χ4v) is 3.35. The van der Waals surface area contributed by atoms with Gasteiger partial charge in [0.2, 0.25) is 0 Å². The second kappa shape index (κ2) is 6.39. The van der Waals surface area contributed by atoms with E-state index in [-0.39, 0.29) is 11.6 Å². The molecule has 22 heavy (non-hydrogen) atoms. The molecular formula is C15H15F2N3OS. The molecule has 1 N–H and O–H groups in total. The Morgan fingerprint density at radius 3 is 3.00 bits per heavy atom. The number of nitrogens with one attached hydrogen (secondary N) is 1. The van der Waals surface area contributed by atoms with E-state index in [4.69, 9.17) is 0 Å². The summed E-state index contributed by atoms with van der Waals surface area (Å²) in [7, 11) is 0. The van der Waals surface area contributed by atoms with E-state index < -0.39 is 17.5 Å². The van der Waals surface area contributed by atoms with Crippen LogP contribution in [0.2, 0.25) is 0 Å². The molecule has 1 fully saturated rings. The second-order valence-corrected chi connectivity index (χ2v) is 6.02. The van der Waals surface area contributed by atoms with Crippen LogP contribution in [-0.4, -0.2) is 30.0 Å². The van der Waals surface area contributed by atoms with Gasteiger partial charge in [-0.05, 0) is 31.0 Å². The monoisotopic (exact) mass is 323 g/mol. The van der Waals surface area contributed by atoms with Gasteiger partial charge in [-0.15, -0.1) is 11.3 Å². The zero-order valence-electron chi connectivity index (χ0n) is 11.8. The molecule has 116 valence electrons. The van der Waals surface area contributed by atoms with Crippen LogP contribution in [0.1, 0.15) is 23.2 Å². The number of thiazole rings is 1. The van der Waals surface area contributed by atoms with E-state index in [1.165, 1.54) is 6.07 Å². The first-order valence-electron chi connectivity index (χ1n) is 7.04. The minimum Gasteiger partial charge on any atom is -0.350 e. The minimum absolute atomic E-state index is 0.123. The van der Waals surface area contributed by atoms with Crippen LogP contribution in [-0.2, 0) is 0 Å². The van der Waals surface area contributed by atoms with E-state index in [2.05, 4.69) is 15.2 Å². The number of halogens is 2. The number of hydrogen-bond donors (Lipinski definition) is 1. The quantitative estimate of drug-likeness (QED) is 0.941. The van der Waals surface area contributed by atoms with Gasteiger partial charge in [-0.2, -0.15) is 0 Å². The number of carbonyl (C=O) groups is 1. The van der Waals surface area contributed by atoms with Crippen LogP contribution in [0.15, 0.2) is 29.8 Å². The van der Waals surface area contributed by atoms with E-state index in [1.807, 2.05) is 5.38 Å². The molecule has 4 nitrogen and oxygen atoms in total. The van der Waals surface area contributed by atoms with Gasteiger partial charge in [0.25, 0.3) is 5.91 Å². The fourth-order valence-electron chi connectivity index (χ4n) is 2.61. The second-order valence-electron chi connectivity index (χ2n) is 5.14. The third kappa shape index (κ3) is 3.09. The summed E-state index contributed by atoms with van der Waals surface area (Å²) in [6, 6.07) is 3.33. The van der Waals surface area contributed by atoms with Crippen molar-refractivity contribution >= 4 is 22.4 Å². The molecule has 1 aliphatic heterocycles. The topological polar surface area (TPSA) is 45.2 Å². The molecule has 1 unspecified atom stereocenters. The van der Waals surface area contributed by atoms with Crippen molar-refractivity contribution in [3.63, 3.8) is 0 Å². The number of carbonyl (C=O) groups excluding carboxylic acids is 1. The maximum atomic E-state index is 13.2. The van der Waals surface area contributed by atoms with Crippen molar-refractivity contribution in [1.29, 1.82) is 0 Å². The molecule has 1 atom stereocenters. The predicted molar refractivity (Wildman–Crippen MR) is 81.2 cm³/mol. The summed E-state index contributed by atoms with van der Waals surface area (Å²) in [6.07, 6.45) is 3.78. The number of hydrogen-bond acceptors (Lipinski definition) is 4. The molecule has 7 heteroatoms. The Morgan fingerprint density at radius 1 is 1.41 bits per heavy atom. The fraction of sp³-hybridized carbons (Fsp3) is 0.333. The smallest absolute Gasteiger partial charge is 0.251 e. The minimum atomic E-state index is -1.02. The molecule has 0 radical (unpaired) electrons. The number of anilines is 1. The number of amides is 1. The van der Waals surface area contributed by atoms with E-state index in [9.17, 15) is 13.6 Å². The lowest BCUT2D eigenvalue weighted by Gasteiger charge is -2.24. The van der Waals surface area contributed by atoms with E-state index in [0.29, 0.717) is 6.54 Å². The van der Waals surface area contributed by atoms with Crippen molar-refractivity contribution in [2.75, 3.05) is 18.0 Å². The highest BCUT2D eigenvalue weighted by Gasteiger charge is 2.26. The molecule has 0 aliphatic carbocycles. The summed E-state index contributed by atoms with van der Waals surface area (Å²) in [4.78, 5) is 18.5.